The van der Waals surface area contributed by atoms with Gasteiger partial charge in [0.1, 0.15) is 5.52 Å². The van der Waals surface area contributed by atoms with Crippen LogP contribution in [0.4, 0.5) is 0 Å². The summed E-state index contributed by atoms with van der Waals surface area (Å²) in [6.07, 6.45) is 1.71. The first kappa shape index (κ1) is 15.1. The number of nitrogens with one attached hydrogen (secondary N) is 2. The lowest BCUT2D eigenvalue weighted by atomic mass is 9.97. The van der Waals surface area contributed by atoms with E-state index in [-0.39, 0.29) is 5.69 Å². The van der Waals surface area contributed by atoms with E-state index in [0.717, 1.165) is 18.7 Å². The summed E-state index contributed by atoms with van der Waals surface area (Å²) in [6.45, 7) is 6.91. The molecule has 2 aromatic heterocycles. The summed E-state index contributed by atoms with van der Waals surface area (Å²) in [5.41, 5.74) is 3.51. The second-order valence-corrected chi connectivity index (χ2v) is 6.74. The minimum atomic E-state index is -0.111. The minimum absolute atomic E-state index is 0.111. The van der Waals surface area contributed by atoms with Crippen molar-refractivity contribution in [3.05, 3.63) is 46.5 Å². The molecule has 1 saturated heterocycles. The zero-order valence-corrected chi connectivity index (χ0v) is 13.9. The number of imidazole rings is 1. The highest BCUT2D eigenvalue weighted by Crippen LogP contribution is 2.27. The summed E-state index contributed by atoms with van der Waals surface area (Å²) < 4.78 is 1.74. The SMILES string of the molecule is CC(C)c1ccccc1-c1ncc2[nH]c(=O)n(CC3CNC3)c2n1. The Kier molecular flexibility index (Phi) is 3.69. The van der Waals surface area contributed by atoms with Crippen molar-refractivity contribution in [2.75, 3.05) is 13.1 Å². The van der Waals surface area contributed by atoms with E-state index in [0.29, 0.717) is 35.4 Å². The fraction of sp³-hybridized carbons (Fsp3) is 0.389. The Hall–Kier alpha value is -2.47. The van der Waals surface area contributed by atoms with Gasteiger partial charge in [-0.3, -0.25) is 4.57 Å². The van der Waals surface area contributed by atoms with Crippen LogP contribution in [0, 0.1) is 5.92 Å². The van der Waals surface area contributed by atoms with E-state index in [1.54, 1.807) is 10.8 Å². The number of aromatic amines is 1. The summed E-state index contributed by atoms with van der Waals surface area (Å²) in [5, 5.41) is 3.24. The highest BCUT2D eigenvalue weighted by atomic mass is 16.1. The molecule has 1 fully saturated rings. The van der Waals surface area contributed by atoms with Gasteiger partial charge in [0.05, 0.1) is 6.20 Å². The van der Waals surface area contributed by atoms with E-state index in [2.05, 4.69) is 35.2 Å². The molecule has 1 aromatic carbocycles. The maximum atomic E-state index is 12.3. The van der Waals surface area contributed by atoms with Gasteiger partial charge in [-0.15, -0.1) is 0 Å². The zero-order valence-electron chi connectivity index (χ0n) is 13.9. The second-order valence-electron chi connectivity index (χ2n) is 6.74. The molecule has 6 nitrogen and oxygen atoms in total. The fourth-order valence-electron chi connectivity index (χ4n) is 3.18. The number of hydrogen-bond acceptors (Lipinski definition) is 4. The molecule has 0 atom stereocenters. The standard InChI is InChI=1S/C18H21N5O/c1-11(2)13-5-3-4-6-14(13)16-20-9-15-17(22-16)23(18(24)21-15)10-12-7-19-8-12/h3-6,9,11-12,19H,7-8,10H2,1-2H3,(H,21,24). The van der Waals surface area contributed by atoms with Crippen LogP contribution in [0.1, 0.15) is 25.3 Å². The number of hydrogen-bond donors (Lipinski definition) is 2. The normalized spacial score (nSPS) is 15.1. The van der Waals surface area contributed by atoms with E-state index < -0.39 is 0 Å². The second kappa shape index (κ2) is 5.87. The highest BCUT2D eigenvalue weighted by molar-refractivity contribution is 5.73. The van der Waals surface area contributed by atoms with Crippen LogP contribution >= 0.6 is 0 Å². The van der Waals surface area contributed by atoms with Gasteiger partial charge in [-0.05, 0) is 11.5 Å². The van der Waals surface area contributed by atoms with Crippen LogP contribution < -0.4 is 11.0 Å². The lowest BCUT2D eigenvalue weighted by molar-refractivity contribution is 0.306. The molecule has 124 valence electrons. The van der Waals surface area contributed by atoms with Gasteiger partial charge in [0.15, 0.2) is 11.5 Å². The Labute approximate surface area is 140 Å². The minimum Gasteiger partial charge on any atom is -0.316 e. The van der Waals surface area contributed by atoms with Crippen molar-refractivity contribution in [3.8, 4) is 11.4 Å². The van der Waals surface area contributed by atoms with E-state index in [1.807, 2.05) is 18.2 Å². The molecule has 4 rings (SSSR count). The predicted molar refractivity (Wildman–Crippen MR) is 94.0 cm³/mol. The van der Waals surface area contributed by atoms with Crippen molar-refractivity contribution >= 4 is 11.2 Å². The van der Waals surface area contributed by atoms with Crippen molar-refractivity contribution in [1.29, 1.82) is 0 Å². The zero-order chi connectivity index (χ0) is 16.7. The number of aromatic nitrogens is 4. The maximum absolute atomic E-state index is 12.3. The highest BCUT2D eigenvalue weighted by Gasteiger charge is 2.21. The molecular weight excluding hydrogens is 302 g/mol. The Bertz CT molecular complexity index is 936. The average Bonchev–Trinajstić information content (AvgIpc) is 2.85. The van der Waals surface area contributed by atoms with Crippen LogP contribution in [0.25, 0.3) is 22.6 Å². The Morgan fingerprint density at radius 3 is 2.79 bits per heavy atom. The van der Waals surface area contributed by atoms with Crippen molar-refractivity contribution in [3.63, 3.8) is 0 Å². The first-order valence-corrected chi connectivity index (χ1v) is 8.39. The Balaban J connectivity index is 1.83. The molecule has 1 aliphatic heterocycles. The molecule has 0 unspecified atom stereocenters. The monoisotopic (exact) mass is 323 g/mol. The largest absolute Gasteiger partial charge is 0.327 e. The van der Waals surface area contributed by atoms with E-state index in [4.69, 9.17) is 4.98 Å². The van der Waals surface area contributed by atoms with Gasteiger partial charge in [-0.1, -0.05) is 38.1 Å². The van der Waals surface area contributed by atoms with Crippen molar-refractivity contribution in [1.82, 2.24) is 24.8 Å². The molecule has 0 radical (unpaired) electrons. The summed E-state index contributed by atoms with van der Waals surface area (Å²) in [4.78, 5) is 24.3. The Morgan fingerprint density at radius 1 is 1.29 bits per heavy atom. The topological polar surface area (TPSA) is 75.6 Å². The molecule has 0 aliphatic carbocycles. The maximum Gasteiger partial charge on any atom is 0.327 e. The van der Waals surface area contributed by atoms with Crippen LogP contribution in [0.3, 0.4) is 0 Å². The van der Waals surface area contributed by atoms with Gasteiger partial charge in [0.2, 0.25) is 0 Å². The first-order valence-electron chi connectivity index (χ1n) is 8.39. The van der Waals surface area contributed by atoms with E-state index in [1.165, 1.54) is 5.56 Å². The predicted octanol–water partition coefficient (Wildman–Crippen LogP) is 2.13. The van der Waals surface area contributed by atoms with Gasteiger partial charge in [-0.25, -0.2) is 14.8 Å². The van der Waals surface area contributed by atoms with Crippen LogP contribution in [-0.2, 0) is 6.54 Å². The third kappa shape index (κ3) is 2.53. The number of H-pyrrole nitrogens is 1. The lowest BCUT2D eigenvalue weighted by Gasteiger charge is -2.26. The number of benzene rings is 1. The fourth-order valence-corrected chi connectivity index (χ4v) is 3.18. The number of nitrogens with zero attached hydrogens (tertiary/aromatic N) is 3. The molecule has 3 heterocycles. The molecule has 2 N–H and O–H groups in total. The molecule has 0 bridgehead atoms. The molecule has 0 spiro atoms. The smallest absolute Gasteiger partial charge is 0.316 e. The van der Waals surface area contributed by atoms with Crippen LogP contribution in [0.5, 0.6) is 0 Å². The molecule has 6 heteroatoms. The first-order chi connectivity index (χ1) is 11.6. The van der Waals surface area contributed by atoms with Gasteiger partial charge >= 0.3 is 5.69 Å². The lowest BCUT2D eigenvalue weighted by Crippen LogP contribution is -2.45. The molecule has 24 heavy (non-hydrogen) atoms. The molecule has 1 aliphatic rings. The Morgan fingerprint density at radius 2 is 2.08 bits per heavy atom. The number of rotatable bonds is 4. The molecule has 0 saturated carbocycles. The van der Waals surface area contributed by atoms with Gasteiger partial charge < -0.3 is 10.3 Å². The summed E-state index contributed by atoms with van der Waals surface area (Å²) in [6, 6.07) is 8.19. The summed E-state index contributed by atoms with van der Waals surface area (Å²) in [5.74, 6) is 1.55. The summed E-state index contributed by atoms with van der Waals surface area (Å²) >= 11 is 0. The van der Waals surface area contributed by atoms with Crippen LogP contribution in [0.2, 0.25) is 0 Å². The third-order valence-corrected chi connectivity index (χ3v) is 4.64. The molecular formula is C18H21N5O. The molecule has 3 aromatic rings. The summed E-state index contributed by atoms with van der Waals surface area (Å²) in [7, 11) is 0. The average molecular weight is 323 g/mol. The van der Waals surface area contributed by atoms with Crippen LogP contribution in [0.15, 0.2) is 35.3 Å². The van der Waals surface area contributed by atoms with E-state index in [9.17, 15) is 4.79 Å². The van der Waals surface area contributed by atoms with Gasteiger partial charge in [-0.2, -0.15) is 0 Å². The van der Waals surface area contributed by atoms with Crippen molar-refractivity contribution in [2.45, 2.75) is 26.3 Å². The van der Waals surface area contributed by atoms with Gasteiger partial charge in [0, 0.05) is 31.1 Å². The van der Waals surface area contributed by atoms with Gasteiger partial charge in [0.25, 0.3) is 0 Å². The third-order valence-electron chi connectivity index (χ3n) is 4.64. The van der Waals surface area contributed by atoms with Crippen molar-refractivity contribution in [2.24, 2.45) is 5.92 Å². The molecule has 0 amide bonds. The van der Waals surface area contributed by atoms with Crippen molar-refractivity contribution < 1.29 is 0 Å². The van der Waals surface area contributed by atoms with Crippen LogP contribution in [-0.4, -0.2) is 32.6 Å². The quantitative estimate of drug-likeness (QED) is 0.771. The van der Waals surface area contributed by atoms with E-state index >= 15 is 0 Å². The number of fused-ring (bicyclic) bond motifs is 1.